The molecule has 1 aromatic rings. The summed E-state index contributed by atoms with van der Waals surface area (Å²) in [7, 11) is -0.399. The van der Waals surface area contributed by atoms with Gasteiger partial charge in [-0.25, -0.2) is 4.98 Å². The van der Waals surface area contributed by atoms with Crippen molar-refractivity contribution in [1.82, 2.24) is 4.98 Å². The van der Waals surface area contributed by atoms with Crippen LogP contribution >= 0.6 is 0 Å². The molecule has 0 radical (unpaired) electrons. The molecule has 0 bridgehead atoms. The number of hydrogen-bond donors (Lipinski definition) is 1. The van der Waals surface area contributed by atoms with E-state index in [0.29, 0.717) is 12.4 Å². The summed E-state index contributed by atoms with van der Waals surface area (Å²) in [6, 6.07) is 3.78. The second-order valence-corrected chi connectivity index (χ2v) is 7.42. The van der Waals surface area contributed by atoms with Crippen molar-refractivity contribution in [2.24, 2.45) is 5.73 Å². The number of pyridine rings is 1. The standard InChI is InChI=1S/C16H27BN2O3/c1-14(2,9-10-18)20-13-8-7-12(11-19-13)17-21-15(3,4)16(5,6)22-17/h7-8,11H,9-10,18H2,1-6H3. The van der Waals surface area contributed by atoms with Gasteiger partial charge in [0.25, 0.3) is 0 Å². The molecule has 1 aliphatic rings. The van der Waals surface area contributed by atoms with E-state index in [9.17, 15) is 0 Å². The Morgan fingerprint density at radius 3 is 2.23 bits per heavy atom. The van der Waals surface area contributed by atoms with Gasteiger partial charge >= 0.3 is 7.12 Å². The number of nitrogens with zero attached hydrogens (tertiary/aromatic N) is 1. The SMILES string of the molecule is CC(C)(CCN)Oc1ccc(B2OC(C)(C)C(C)(C)O2)cn1. The van der Waals surface area contributed by atoms with E-state index in [-0.39, 0.29) is 16.8 Å². The van der Waals surface area contributed by atoms with Crippen molar-refractivity contribution in [1.29, 1.82) is 0 Å². The fourth-order valence-electron chi connectivity index (χ4n) is 2.25. The van der Waals surface area contributed by atoms with Crippen LogP contribution in [-0.4, -0.2) is 35.5 Å². The number of hydrogen-bond acceptors (Lipinski definition) is 5. The number of ether oxygens (including phenoxy) is 1. The molecule has 2 heterocycles. The highest BCUT2D eigenvalue weighted by molar-refractivity contribution is 6.62. The first-order valence-corrected chi connectivity index (χ1v) is 7.77. The topological polar surface area (TPSA) is 66.6 Å². The van der Waals surface area contributed by atoms with Crippen LogP contribution < -0.4 is 15.9 Å². The molecular weight excluding hydrogens is 279 g/mol. The van der Waals surface area contributed by atoms with Crippen LogP contribution in [0.15, 0.2) is 18.3 Å². The summed E-state index contributed by atoms with van der Waals surface area (Å²) in [6.07, 6.45) is 2.52. The summed E-state index contributed by atoms with van der Waals surface area (Å²) in [5.41, 5.74) is 5.46. The van der Waals surface area contributed by atoms with Gasteiger partial charge < -0.3 is 19.8 Å². The predicted octanol–water partition coefficient (Wildman–Crippen LogP) is 1.89. The fraction of sp³-hybridized carbons (Fsp3) is 0.688. The van der Waals surface area contributed by atoms with E-state index in [4.69, 9.17) is 19.8 Å². The highest BCUT2D eigenvalue weighted by Gasteiger charge is 2.51. The summed E-state index contributed by atoms with van der Waals surface area (Å²) in [6.45, 7) is 12.7. The maximum atomic E-state index is 6.01. The lowest BCUT2D eigenvalue weighted by Crippen LogP contribution is -2.41. The van der Waals surface area contributed by atoms with E-state index < -0.39 is 7.12 Å². The van der Waals surface area contributed by atoms with Gasteiger partial charge in [-0.15, -0.1) is 0 Å². The lowest BCUT2D eigenvalue weighted by molar-refractivity contribution is 0.00578. The van der Waals surface area contributed by atoms with Crippen LogP contribution in [0.1, 0.15) is 48.0 Å². The molecule has 22 heavy (non-hydrogen) atoms. The second-order valence-electron chi connectivity index (χ2n) is 7.42. The third-order valence-corrected chi connectivity index (χ3v) is 4.41. The summed E-state index contributed by atoms with van der Waals surface area (Å²) < 4.78 is 17.9. The zero-order valence-electron chi connectivity index (χ0n) is 14.5. The van der Waals surface area contributed by atoms with Crippen molar-refractivity contribution in [2.45, 2.75) is 64.8 Å². The number of nitrogens with two attached hydrogens (primary N) is 1. The summed E-state index contributed by atoms with van der Waals surface area (Å²) in [5.74, 6) is 0.582. The minimum Gasteiger partial charge on any atom is -0.472 e. The van der Waals surface area contributed by atoms with Crippen LogP contribution in [0.5, 0.6) is 5.88 Å². The van der Waals surface area contributed by atoms with Gasteiger partial charge in [0.15, 0.2) is 0 Å². The van der Waals surface area contributed by atoms with Gasteiger partial charge in [-0.05, 0) is 60.6 Å². The van der Waals surface area contributed by atoms with Crippen LogP contribution in [-0.2, 0) is 9.31 Å². The van der Waals surface area contributed by atoms with Crippen LogP contribution in [0.4, 0.5) is 0 Å². The molecule has 122 valence electrons. The number of rotatable bonds is 5. The van der Waals surface area contributed by atoms with Gasteiger partial charge in [-0.1, -0.05) is 6.07 Å². The smallest absolute Gasteiger partial charge is 0.472 e. The molecule has 1 fully saturated rings. The fourth-order valence-corrected chi connectivity index (χ4v) is 2.25. The Morgan fingerprint density at radius 1 is 1.18 bits per heavy atom. The zero-order valence-corrected chi connectivity index (χ0v) is 14.5. The Morgan fingerprint density at radius 2 is 1.77 bits per heavy atom. The van der Waals surface area contributed by atoms with Gasteiger partial charge in [0.1, 0.15) is 5.60 Å². The molecule has 2 rings (SSSR count). The molecule has 0 atom stereocenters. The van der Waals surface area contributed by atoms with E-state index in [1.807, 2.05) is 53.7 Å². The first kappa shape index (κ1) is 17.3. The molecule has 0 amide bonds. The molecule has 0 saturated carbocycles. The quantitative estimate of drug-likeness (QED) is 0.842. The Kier molecular flexibility index (Phi) is 4.57. The lowest BCUT2D eigenvalue weighted by Gasteiger charge is -2.32. The third-order valence-electron chi connectivity index (χ3n) is 4.41. The van der Waals surface area contributed by atoms with Crippen molar-refractivity contribution >= 4 is 12.6 Å². The highest BCUT2D eigenvalue weighted by Crippen LogP contribution is 2.36. The first-order valence-electron chi connectivity index (χ1n) is 7.77. The highest BCUT2D eigenvalue weighted by atomic mass is 16.7. The molecule has 0 spiro atoms. The minimum atomic E-state index is -0.399. The minimum absolute atomic E-state index is 0.326. The molecule has 0 aromatic carbocycles. The third kappa shape index (κ3) is 3.62. The Bertz CT molecular complexity index is 499. The Labute approximate surface area is 133 Å². The molecule has 0 unspecified atom stereocenters. The molecule has 1 saturated heterocycles. The maximum absolute atomic E-state index is 6.01. The number of aromatic nitrogens is 1. The molecule has 2 N–H and O–H groups in total. The van der Waals surface area contributed by atoms with E-state index >= 15 is 0 Å². The molecule has 1 aliphatic heterocycles. The van der Waals surface area contributed by atoms with E-state index in [2.05, 4.69) is 4.98 Å². The van der Waals surface area contributed by atoms with Gasteiger partial charge in [-0.3, -0.25) is 0 Å². The van der Waals surface area contributed by atoms with Gasteiger partial charge in [-0.2, -0.15) is 0 Å². The summed E-state index contributed by atoms with van der Waals surface area (Å²) >= 11 is 0. The predicted molar refractivity (Wildman–Crippen MR) is 88.3 cm³/mol. The molecule has 0 aliphatic carbocycles. The lowest BCUT2D eigenvalue weighted by atomic mass is 9.80. The largest absolute Gasteiger partial charge is 0.496 e. The van der Waals surface area contributed by atoms with Crippen LogP contribution in [0.25, 0.3) is 0 Å². The Balaban J connectivity index is 2.07. The van der Waals surface area contributed by atoms with Crippen LogP contribution in [0.3, 0.4) is 0 Å². The Hall–Kier alpha value is -1.11. The molecule has 6 heteroatoms. The average molecular weight is 306 g/mol. The van der Waals surface area contributed by atoms with Crippen molar-refractivity contribution in [3.8, 4) is 5.88 Å². The molecule has 5 nitrogen and oxygen atoms in total. The van der Waals surface area contributed by atoms with Gasteiger partial charge in [0, 0.05) is 11.7 Å². The van der Waals surface area contributed by atoms with Crippen molar-refractivity contribution in [3.05, 3.63) is 18.3 Å². The zero-order chi connectivity index (χ0) is 16.6. The van der Waals surface area contributed by atoms with Crippen LogP contribution in [0, 0.1) is 0 Å². The first-order chi connectivity index (χ1) is 10.1. The van der Waals surface area contributed by atoms with Gasteiger partial charge in [0.2, 0.25) is 5.88 Å². The summed E-state index contributed by atoms with van der Waals surface area (Å²) in [4.78, 5) is 4.36. The maximum Gasteiger partial charge on any atom is 0.496 e. The van der Waals surface area contributed by atoms with E-state index in [0.717, 1.165) is 11.9 Å². The van der Waals surface area contributed by atoms with Crippen molar-refractivity contribution < 1.29 is 14.0 Å². The molecular formula is C16H27BN2O3. The van der Waals surface area contributed by atoms with Crippen molar-refractivity contribution in [2.75, 3.05) is 6.54 Å². The monoisotopic (exact) mass is 306 g/mol. The average Bonchev–Trinajstić information content (AvgIpc) is 2.58. The van der Waals surface area contributed by atoms with Gasteiger partial charge in [0.05, 0.1) is 11.2 Å². The normalized spacial score (nSPS) is 20.2. The molecule has 1 aromatic heterocycles. The van der Waals surface area contributed by atoms with E-state index in [1.165, 1.54) is 0 Å². The van der Waals surface area contributed by atoms with Crippen LogP contribution in [0.2, 0.25) is 0 Å². The van der Waals surface area contributed by atoms with Crippen molar-refractivity contribution in [3.63, 3.8) is 0 Å². The summed E-state index contributed by atoms with van der Waals surface area (Å²) in [5, 5.41) is 0. The van der Waals surface area contributed by atoms with E-state index in [1.54, 1.807) is 6.20 Å². The second kappa shape index (κ2) is 5.83.